The second-order valence-corrected chi connectivity index (χ2v) is 6.21. The maximum Gasteiger partial charge on any atom is 0.263 e. The van der Waals surface area contributed by atoms with E-state index in [2.05, 4.69) is 11.8 Å². The van der Waals surface area contributed by atoms with Crippen LogP contribution in [0.25, 0.3) is 0 Å². The first kappa shape index (κ1) is 16.0. The van der Waals surface area contributed by atoms with Crippen molar-refractivity contribution in [2.45, 2.75) is 18.4 Å². The van der Waals surface area contributed by atoms with Crippen LogP contribution in [0.5, 0.6) is 0 Å². The van der Waals surface area contributed by atoms with Crippen molar-refractivity contribution in [2.24, 2.45) is 0 Å². The van der Waals surface area contributed by atoms with E-state index >= 15 is 0 Å². The highest BCUT2D eigenvalue weighted by molar-refractivity contribution is 7.14. The number of nitrogens with zero attached hydrogens (tertiary/aromatic N) is 1. The van der Waals surface area contributed by atoms with Crippen molar-refractivity contribution in [1.82, 2.24) is 4.90 Å². The molecule has 2 N–H and O–H groups in total. The topological polar surface area (TPSA) is 70.0 Å². The molecule has 0 spiro atoms. The minimum atomic E-state index is -0.862. The summed E-state index contributed by atoms with van der Waals surface area (Å²) >= 11 is 1.29. The Morgan fingerprint density at radius 3 is 2.86 bits per heavy atom. The summed E-state index contributed by atoms with van der Waals surface area (Å²) < 4.78 is 5.24. The summed E-state index contributed by atoms with van der Waals surface area (Å²) in [6.07, 6.45) is 1.09. The van der Waals surface area contributed by atoms with Gasteiger partial charge >= 0.3 is 0 Å². The Bertz CT molecular complexity index is 552. The van der Waals surface area contributed by atoms with Gasteiger partial charge in [0.15, 0.2) is 0 Å². The molecule has 6 heteroatoms. The summed E-state index contributed by atoms with van der Waals surface area (Å²) in [6, 6.07) is 3.48. The molecule has 0 radical (unpaired) electrons. The van der Waals surface area contributed by atoms with Crippen LogP contribution in [0.15, 0.2) is 12.1 Å². The summed E-state index contributed by atoms with van der Waals surface area (Å²) in [5.41, 5.74) is -0.862. The minimum absolute atomic E-state index is 0.128. The molecule has 0 aromatic carbocycles. The molecule has 1 aromatic rings. The normalized spacial score (nSPS) is 16.9. The quantitative estimate of drug-likeness (QED) is 0.807. The second-order valence-electron chi connectivity index (χ2n) is 5.12. The lowest BCUT2D eigenvalue weighted by molar-refractivity contribution is -0.0733. The molecule has 1 aromatic heterocycles. The van der Waals surface area contributed by atoms with E-state index < -0.39 is 5.60 Å². The lowest BCUT2D eigenvalue weighted by Gasteiger charge is -2.35. The Hall–Kier alpha value is -1.39. The van der Waals surface area contributed by atoms with E-state index in [1.165, 1.54) is 11.3 Å². The molecule has 5 nitrogen and oxygen atoms in total. The molecule has 114 valence electrons. The molecule has 0 aliphatic carbocycles. The molecule has 0 atom stereocenters. The molecule has 1 saturated heterocycles. The summed E-state index contributed by atoms with van der Waals surface area (Å²) in [7, 11) is 1.69. The van der Waals surface area contributed by atoms with Gasteiger partial charge < -0.3 is 19.8 Å². The zero-order valence-corrected chi connectivity index (χ0v) is 12.8. The van der Waals surface area contributed by atoms with Crippen LogP contribution in [-0.4, -0.2) is 60.0 Å². The van der Waals surface area contributed by atoms with E-state index in [4.69, 9.17) is 9.84 Å². The van der Waals surface area contributed by atoms with Gasteiger partial charge in [-0.25, -0.2) is 0 Å². The predicted molar refractivity (Wildman–Crippen MR) is 80.2 cm³/mol. The largest absolute Gasteiger partial charge is 0.388 e. The van der Waals surface area contributed by atoms with Crippen LogP contribution in [0.4, 0.5) is 0 Å². The van der Waals surface area contributed by atoms with Gasteiger partial charge in [-0.05, 0) is 12.1 Å². The number of carbonyl (C=O) groups excluding carboxylic acids is 1. The standard InChI is InChI=1S/C15H19NO4S/c1-16(11-15(19)6-9-20-10-7-15)14(18)13-5-4-12(21-13)3-2-8-17/h4-5,17,19H,6-11H2,1H3. The molecule has 2 rings (SSSR count). The number of ether oxygens (including phenoxy) is 1. The highest BCUT2D eigenvalue weighted by Gasteiger charge is 2.32. The van der Waals surface area contributed by atoms with Gasteiger partial charge in [0.1, 0.15) is 6.61 Å². The third-order valence-corrected chi connectivity index (χ3v) is 4.40. The Morgan fingerprint density at radius 1 is 1.48 bits per heavy atom. The summed E-state index contributed by atoms with van der Waals surface area (Å²) in [6.45, 7) is 1.15. The average molecular weight is 309 g/mol. The van der Waals surface area contributed by atoms with Crippen molar-refractivity contribution in [3.05, 3.63) is 21.9 Å². The number of aliphatic hydroxyl groups excluding tert-OH is 1. The van der Waals surface area contributed by atoms with Crippen molar-refractivity contribution in [1.29, 1.82) is 0 Å². The molecule has 1 amide bonds. The highest BCUT2D eigenvalue weighted by Crippen LogP contribution is 2.23. The maximum atomic E-state index is 12.3. The Balaban J connectivity index is 2.00. The molecule has 2 heterocycles. The number of rotatable bonds is 3. The third kappa shape index (κ3) is 4.29. The van der Waals surface area contributed by atoms with Crippen LogP contribution in [0.1, 0.15) is 27.4 Å². The second kappa shape index (κ2) is 7.05. The first-order valence-corrected chi connectivity index (χ1v) is 7.61. The van der Waals surface area contributed by atoms with Crippen LogP contribution < -0.4 is 0 Å². The number of carbonyl (C=O) groups is 1. The fourth-order valence-corrected chi connectivity index (χ4v) is 3.13. The molecule has 1 aliphatic heterocycles. The lowest BCUT2D eigenvalue weighted by atomic mass is 9.94. The Morgan fingerprint density at radius 2 is 2.19 bits per heavy atom. The molecule has 0 bridgehead atoms. The molecule has 0 saturated carbocycles. The van der Waals surface area contributed by atoms with Gasteiger partial charge in [-0.2, -0.15) is 0 Å². The molecule has 0 unspecified atom stereocenters. The zero-order chi connectivity index (χ0) is 15.3. The van der Waals surface area contributed by atoms with E-state index in [1.54, 1.807) is 24.1 Å². The van der Waals surface area contributed by atoms with Crippen LogP contribution in [0, 0.1) is 11.8 Å². The van der Waals surface area contributed by atoms with Gasteiger partial charge in [0.05, 0.1) is 15.4 Å². The maximum absolute atomic E-state index is 12.3. The van der Waals surface area contributed by atoms with Crippen molar-refractivity contribution >= 4 is 17.2 Å². The van der Waals surface area contributed by atoms with Gasteiger partial charge in [-0.3, -0.25) is 4.79 Å². The van der Waals surface area contributed by atoms with E-state index in [1.807, 2.05) is 0 Å². The zero-order valence-electron chi connectivity index (χ0n) is 12.0. The highest BCUT2D eigenvalue weighted by atomic mass is 32.1. The molecule has 21 heavy (non-hydrogen) atoms. The number of aliphatic hydroxyl groups is 2. The van der Waals surface area contributed by atoms with Crippen LogP contribution in [0.3, 0.4) is 0 Å². The van der Waals surface area contributed by atoms with Crippen molar-refractivity contribution in [3.63, 3.8) is 0 Å². The number of hydrogen-bond donors (Lipinski definition) is 2. The fourth-order valence-electron chi connectivity index (χ4n) is 2.26. The molecular weight excluding hydrogens is 290 g/mol. The van der Waals surface area contributed by atoms with E-state index in [0.29, 0.717) is 37.5 Å². The van der Waals surface area contributed by atoms with Crippen molar-refractivity contribution in [3.8, 4) is 11.8 Å². The van der Waals surface area contributed by atoms with Crippen LogP contribution in [0.2, 0.25) is 0 Å². The monoisotopic (exact) mass is 309 g/mol. The van der Waals surface area contributed by atoms with Crippen molar-refractivity contribution in [2.75, 3.05) is 33.4 Å². The predicted octanol–water partition coefficient (Wildman–Crippen LogP) is 0.705. The summed E-state index contributed by atoms with van der Waals surface area (Å²) in [5.74, 6) is 5.21. The van der Waals surface area contributed by atoms with E-state index in [-0.39, 0.29) is 12.5 Å². The van der Waals surface area contributed by atoms with E-state index in [0.717, 1.165) is 4.88 Å². The van der Waals surface area contributed by atoms with Crippen LogP contribution in [-0.2, 0) is 4.74 Å². The Labute approximate surface area is 128 Å². The van der Waals surface area contributed by atoms with Gasteiger partial charge in [0, 0.05) is 39.6 Å². The smallest absolute Gasteiger partial charge is 0.263 e. The van der Waals surface area contributed by atoms with E-state index in [9.17, 15) is 9.90 Å². The number of amides is 1. The number of thiophene rings is 1. The van der Waals surface area contributed by atoms with Gasteiger partial charge in [0.25, 0.3) is 5.91 Å². The summed E-state index contributed by atoms with van der Waals surface area (Å²) in [4.78, 5) is 15.2. The molecule has 1 aliphatic rings. The Kier molecular flexibility index (Phi) is 5.37. The van der Waals surface area contributed by atoms with Crippen LogP contribution >= 0.6 is 11.3 Å². The summed E-state index contributed by atoms with van der Waals surface area (Å²) in [5, 5.41) is 19.1. The van der Waals surface area contributed by atoms with Crippen molar-refractivity contribution < 1.29 is 19.7 Å². The molecular formula is C15H19NO4S. The number of hydrogen-bond acceptors (Lipinski definition) is 5. The number of likely N-dealkylation sites (N-methyl/N-ethyl adjacent to an activating group) is 1. The third-order valence-electron chi connectivity index (χ3n) is 3.41. The fraction of sp³-hybridized carbons (Fsp3) is 0.533. The van der Waals surface area contributed by atoms with Gasteiger partial charge in [-0.1, -0.05) is 11.8 Å². The minimum Gasteiger partial charge on any atom is -0.388 e. The SMILES string of the molecule is CN(CC1(O)CCOCC1)C(=O)c1ccc(C#CCO)s1. The first-order valence-electron chi connectivity index (χ1n) is 6.79. The lowest BCUT2D eigenvalue weighted by Crippen LogP contribution is -2.47. The average Bonchev–Trinajstić information content (AvgIpc) is 2.93. The van der Waals surface area contributed by atoms with Gasteiger partial charge in [-0.15, -0.1) is 11.3 Å². The first-order chi connectivity index (χ1) is 10.0. The van der Waals surface area contributed by atoms with Gasteiger partial charge in [0.2, 0.25) is 0 Å². The molecule has 1 fully saturated rings.